The molecule has 0 spiro atoms. The molecule has 1 amide bonds. The van der Waals surface area contributed by atoms with Gasteiger partial charge in [-0.3, -0.25) is 4.79 Å². The van der Waals surface area contributed by atoms with Crippen molar-refractivity contribution in [3.63, 3.8) is 0 Å². The number of carbonyl (C=O) groups excluding carboxylic acids is 2. The zero-order chi connectivity index (χ0) is 19.6. The zero-order valence-electron chi connectivity index (χ0n) is 16.0. The second kappa shape index (κ2) is 7.62. The summed E-state index contributed by atoms with van der Waals surface area (Å²) in [5.41, 5.74) is 4.28. The van der Waals surface area contributed by atoms with Gasteiger partial charge in [-0.15, -0.1) is 0 Å². The average Bonchev–Trinajstić information content (AvgIpc) is 2.91. The number of carbonyl (C=O) groups is 2. The molecule has 0 unspecified atom stereocenters. The number of nitrogens with zero attached hydrogens (tertiary/aromatic N) is 1. The maximum Gasteiger partial charge on any atom is 0.340 e. The first-order chi connectivity index (χ1) is 12.9. The maximum absolute atomic E-state index is 13.3. The predicted molar refractivity (Wildman–Crippen MR) is 106 cm³/mol. The first-order valence-corrected chi connectivity index (χ1v) is 8.90. The van der Waals surface area contributed by atoms with E-state index < -0.39 is 5.97 Å². The van der Waals surface area contributed by atoms with E-state index in [4.69, 9.17) is 4.74 Å². The van der Waals surface area contributed by atoms with Gasteiger partial charge in [-0.1, -0.05) is 60.2 Å². The number of hydrogen-bond donors (Lipinski definition) is 0. The minimum Gasteiger partial charge on any atom is -0.465 e. The molecule has 0 bridgehead atoms. The van der Waals surface area contributed by atoms with Crippen molar-refractivity contribution >= 4 is 18.0 Å². The molecule has 0 saturated heterocycles. The number of ether oxygens (including phenoxy) is 1. The first kappa shape index (κ1) is 18.6. The van der Waals surface area contributed by atoms with Crippen molar-refractivity contribution in [2.24, 2.45) is 0 Å². The lowest BCUT2D eigenvalue weighted by Crippen LogP contribution is -2.28. The fourth-order valence-electron chi connectivity index (χ4n) is 3.47. The van der Waals surface area contributed by atoms with Crippen LogP contribution in [0.4, 0.5) is 0 Å². The Morgan fingerprint density at radius 1 is 1.07 bits per heavy atom. The molecule has 4 heteroatoms. The van der Waals surface area contributed by atoms with Crippen molar-refractivity contribution < 1.29 is 14.3 Å². The molecule has 1 heterocycles. The van der Waals surface area contributed by atoms with E-state index in [1.54, 1.807) is 17.9 Å². The van der Waals surface area contributed by atoms with E-state index in [9.17, 15) is 9.59 Å². The summed E-state index contributed by atoms with van der Waals surface area (Å²) >= 11 is 0. The number of methoxy groups -OCH3 is 1. The van der Waals surface area contributed by atoms with Crippen LogP contribution in [0.5, 0.6) is 0 Å². The fourth-order valence-corrected chi connectivity index (χ4v) is 3.47. The van der Waals surface area contributed by atoms with Crippen LogP contribution in [0.2, 0.25) is 0 Å². The number of hydrogen-bond acceptors (Lipinski definition) is 3. The predicted octanol–water partition coefficient (Wildman–Crippen LogP) is 4.43. The number of benzene rings is 2. The number of allylic oxidation sites excluding steroid dienone is 1. The molecule has 138 valence electrons. The van der Waals surface area contributed by atoms with Crippen molar-refractivity contribution in [3.8, 4) is 0 Å². The average molecular weight is 361 g/mol. The van der Waals surface area contributed by atoms with Crippen LogP contribution in [0.1, 0.15) is 36.6 Å². The van der Waals surface area contributed by atoms with Gasteiger partial charge >= 0.3 is 5.97 Å². The standard InChI is InChI=1S/C23H23NO3/c1-15-9-8-10-18(13-15)14-20-21(23(26)27-4)17(3)24(22(20)25)16(2)19-11-6-5-7-12-19/h5-14,16H,1-4H3/b20-14-/t16-/m1/s1. The van der Waals surface area contributed by atoms with Gasteiger partial charge in [0.2, 0.25) is 0 Å². The molecular weight excluding hydrogens is 338 g/mol. The second-order valence-electron chi connectivity index (χ2n) is 6.69. The van der Waals surface area contributed by atoms with Gasteiger partial charge < -0.3 is 9.64 Å². The van der Waals surface area contributed by atoms with Gasteiger partial charge in [0.1, 0.15) is 0 Å². The van der Waals surface area contributed by atoms with E-state index in [2.05, 4.69) is 0 Å². The Hall–Kier alpha value is -3.14. The first-order valence-electron chi connectivity index (χ1n) is 8.90. The van der Waals surface area contributed by atoms with E-state index in [0.29, 0.717) is 16.8 Å². The molecule has 2 aromatic rings. The Labute approximate surface area is 159 Å². The number of esters is 1. The van der Waals surface area contributed by atoms with Crippen LogP contribution in [0.15, 0.2) is 71.4 Å². The van der Waals surface area contributed by atoms with Crippen LogP contribution in [-0.4, -0.2) is 23.9 Å². The SMILES string of the molecule is COC(=O)C1=C(C)N([C@H](C)c2ccccc2)C(=O)/C1=C\c1cccc(C)c1. The third-order valence-electron chi connectivity index (χ3n) is 4.85. The van der Waals surface area contributed by atoms with Crippen molar-refractivity contribution in [2.45, 2.75) is 26.8 Å². The highest BCUT2D eigenvalue weighted by Crippen LogP contribution is 2.37. The van der Waals surface area contributed by atoms with Crippen LogP contribution < -0.4 is 0 Å². The second-order valence-corrected chi connectivity index (χ2v) is 6.69. The summed E-state index contributed by atoms with van der Waals surface area (Å²) in [6.45, 7) is 5.74. The molecule has 3 rings (SSSR count). The Balaban J connectivity index is 2.09. The lowest BCUT2D eigenvalue weighted by Gasteiger charge is -2.26. The normalized spacial score (nSPS) is 16.8. The number of rotatable bonds is 4. The number of aryl methyl sites for hydroxylation is 1. The molecule has 0 radical (unpaired) electrons. The summed E-state index contributed by atoms with van der Waals surface area (Å²) in [6, 6.07) is 17.4. The lowest BCUT2D eigenvalue weighted by atomic mass is 10.0. The van der Waals surface area contributed by atoms with E-state index in [1.807, 2.05) is 68.4 Å². The van der Waals surface area contributed by atoms with Gasteiger partial charge in [0.25, 0.3) is 5.91 Å². The Kier molecular flexibility index (Phi) is 5.26. The van der Waals surface area contributed by atoms with Crippen molar-refractivity contribution in [1.82, 2.24) is 4.90 Å². The summed E-state index contributed by atoms with van der Waals surface area (Å²) in [5.74, 6) is -0.687. The lowest BCUT2D eigenvalue weighted by molar-refractivity contribution is -0.136. The summed E-state index contributed by atoms with van der Waals surface area (Å²) in [5, 5.41) is 0. The minimum atomic E-state index is -0.498. The number of amides is 1. The molecule has 0 saturated carbocycles. The van der Waals surface area contributed by atoms with Gasteiger partial charge in [0.15, 0.2) is 0 Å². The van der Waals surface area contributed by atoms with Crippen molar-refractivity contribution in [1.29, 1.82) is 0 Å². The summed E-state index contributed by atoms with van der Waals surface area (Å²) < 4.78 is 4.96. The van der Waals surface area contributed by atoms with Crippen molar-refractivity contribution in [2.75, 3.05) is 7.11 Å². The minimum absolute atomic E-state index is 0.189. The highest BCUT2D eigenvalue weighted by atomic mass is 16.5. The third-order valence-corrected chi connectivity index (χ3v) is 4.85. The summed E-state index contributed by atoms with van der Waals surface area (Å²) in [7, 11) is 1.33. The molecule has 1 aliphatic rings. The van der Waals surface area contributed by atoms with Crippen LogP contribution >= 0.6 is 0 Å². The topological polar surface area (TPSA) is 46.6 Å². The zero-order valence-corrected chi connectivity index (χ0v) is 16.0. The quantitative estimate of drug-likeness (QED) is 0.598. The monoisotopic (exact) mass is 361 g/mol. The van der Waals surface area contributed by atoms with Crippen molar-refractivity contribution in [3.05, 3.63) is 88.1 Å². The van der Waals surface area contributed by atoms with Crippen LogP contribution in [-0.2, 0) is 14.3 Å². The van der Waals surface area contributed by atoms with Gasteiger partial charge in [-0.2, -0.15) is 0 Å². The molecular formula is C23H23NO3. The molecule has 0 N–H and O–H groups in total. The fraction of sp³-hybridized carbons (Fsp3) is 0.217. The van der Waals surface area contributed by atoms with Gasteiger partial charge in [0, 0.05) is 5.70 Å². The summed E-state index contributed by atoms with van der Waals surface area (Å²) in [6.07, 6.45) is 1.77. The van der Waals surface area contributed by atoms with E-state index in [-0.39, 0.29) is 11.9 Å². The highest BCUT2D eigenvalue weighted by Gasteiger charge is 2.39. The molecule has 0 aliphatic carbocycles. The third kappa shape index (κ3) is 3.56. The molecule has 1 atom stereocenters. The van der Waals surface area contributed by atoms with Gasteiger partial charge in [0.05, 0.1) is 24.3 Å². The Morgan fingerprint density at radius 2 is 1.78 bits per heavy atom. The molecule has 2 aromatic carbocycles. The Morgan fingerprint density at radius 3 is 2.41 bits per heavy atom. The molecule has 1 aliphatic heterocycles. The van der Waals surface area contributed by atoms with Gasteiger partial charge in [-0.05, 0) is 38.0 Å². The van der Waals surface area contributed by atoms with Crippen LogP contribution in [0.25, 0.3) is 6.08 Å². The molecule has 27 heavy (non-hydrogen) atoms. The highest BCUT2D eigenvalue weighted by molar-refractivity contribution is 6.16. The van der Waals surface area contributed by atoms with E-state index >= 15 is 0 Å². The molecule has 0 fully saturated rings. The summed E-state index contributed by atoms with van der Waals surface area (Å²) in [4.78, 5) is 27.4. The largest absolute Gasteiger partial charge is 0.465 e. The van der Waals surface area contributed by atoms with Crippen LogP contribution in [0.3, 0.4) is 0 Å². The van der Waals surface area contributed by atoms with E-state index in [1.165, 1.54) is 7.11 Å². The smallest absolute Gasteiger partial charge is 0.340 e. The molecule has 4 nitrogen and oxygen atoms in total. The van der Waals surface area contributed by atoms with Crippen LogP contribution in [0, 0.1) is 6.92 Å². The van der Waals surface area contributed by atoms with Gasteiger partial charge in [-0.25, -0.2) is 4.79 Å². The maximum atomic E-state index is 13.3. The molecule has 0 aromatic heterocycles. The Bertz CT molecular complexity index is 941. The van der Waals surface area contributed by atoms with E-state index in [0.717, 1.165) is 16.7 Å².